The van der Waals surface area contributed by atoms with E-state index < -0.39 is 12.0 Å². The van der Waals surface area contributed by atoms with Crippen LogP contribution in [0.4, 0.5) is 5.82 Å². The summed E-state index contributed by atoms with van der Waals surface area (Å²) in [6, 6.07) is 13.0. The number of nitrogens with zero attached hydrogens (tertiary/aromatic N) is 2. The third-order valence-electron chi connectivity index (χ3n) is 6.16. The predicted molar refractivity (Wildman–Crippen MR) is 130 cm³/mol. The summed E-state index contributed by atoms with van der Waals surface area (Å²) < 4.78 is 0. The number of aliphatic carboxylic acids is 1. The average molecular weight is 453 g/mol. The number of aryl methyl sites for hydroxylation is 2. The van der Waals surface area contributed by atoms with Gasteiger partial charge in [0.15, 0.2) is 0 Å². The smallest absolute Gasteiger partial charge is 0.305 e. The molecule has 0 spiro atoms. The molecule has 0 saturated carbocycles. The fraction of sp³-hybridized carbons (Fsp3) is 0.500. The van der Waals surface area contributed by atoms with Crippen LogP contribution in [0, 0.1) is 0 Å². The number of rotatable bonds is 9. The largest absolute Gasteiger partial charge is 0.481 e. The number of fused-ring (bicyclic) bond motifs is 1. The molecule has 3 heterocycles. The number of nitrogens with one attached hydrogen (secondary N) is 2. The van der Waals surface area contributed by atoms with Gasteiger partial charge in [-0.3, -0.25) is 9.59 Å². The minimum atomic E-state index is -0.937. The fourth-order valence-corrected chi connectivity index (χ4v) is 4.39. The SMILES string of the molecule is O=CNC(CC(=O)O)c1ccccc1.c1cc2c(nc1CCCN1CCCCC1)NCCC2. The number of carbonyl (C=O) groups is 2. The highest BCUT2D eigenvalue weighted by atomic mass is 16.4. The molecule has 7 nitrogen and oxygen atoms in total. The van der Waals surface area contributed by atoms with Gasteiger partial charge in [0.1, 0.15) is 5.82 Å². The first-order valence-corrected chi connectivity index (χ1v) is 12.1. The zero-order valence-electron chi connectivity index (χ0n) is 19.3. The summed E-state index contributed by atoms with van der Waals surface area (Å²) >= 11 is 0. The summed E-state index contributed by atoms with van der Waals surface area (Å²) in [6.07, 6.45) is 9.39. The molecule has 0 bridgehead atoms. The molecule has 1 fully saturated rings. The number of benzene rings is 1. The van der Waals surface area contributed by atoms with Crippen LogP contribution in [-0.4, -0.2) is 53.5 Å². The number of aromatic nitrogens is 1. The Bertz CT molecular complexity index is 869. The number of hydrogen-bond donors (Lipinski definition) is 3. The van der Waals surface area contributed by atoms with Crippen LogP contribution < -0.4 is 10.6 Å². The van der Waals surface area contributed by atoms with E-state index in [9.17, 15) is 9.59 Å². The lowest BCUT2D eigenvalue weighted by atomic mass is 10.0. The van der Waals surface area contributed by atoms with Crippen LogP contribution in [0.3, 0.4) is 0 Å². The lowest BCUT2D eigenvalue weighted by Crippen LogP contribution is -2.30. The van der Waals surface area contributed by atoms with Gasteiger partial charge in [-0.15, -0.1) is 0 Å². The van der Waals surface area contributed by atoms with E-state index in [1.54, 1.807) is 24.3 Å². The first kappa shape index (κ1) is 24.7. The number of likely N-dealkylation sites (tertiary alicyclic amines) is 1. The second-order valence-electron chi connectivity index (χ2n) is 8.69. The van der Waals surface area contributed by atoms with Gasteiger partial charge in [-0.05, 0) is 75.4 Å². The Kier molecular flexibility index (Phi) is 10.2. The molecule has 3 N–H and O–H groups in total. The van der Waals surface area contributed by atoms with E-state index >= 15 is 0 Å². The molecule has 7 heteroatoms. The molecule has 1 saturated heterocycles. The standard InChI is InChI=1S/C16H25N3.C10H11NO3/c1-2-11-19(12-3-1)13-5-7-15-9-8-14-6-4-10-17-16(14)18-15;12-7-11-9(6-10(13)14)8-4-2-1-3-5-8/h8-9H,1-7,10-13H2,(H,17,18);1-5,7,9H,6H2,(H,11,12)(H,13,14). The lowest BCUT2D eigenvalue weighted by Gasteiger charge is -2.26. The number of piperidine rings is 1. The maximum Gasteiger partial charge on any atom is 0.305 e. The number of carboxylic acid groups (broad SMARTS) is 1. The number of carbonyl (C=O) groups excluding carboxylic acids is 1. The van der Waals surface area contributed by atoms with E-state index in [1.165, 1.54) is 69.4 Å². The summed E-state index contributed by atoms with van der Waals surface area (Å²) in [6.45, 7) is 4.93. The molecule has 1 aromatic heterocycles. The molecule has 33 heavy (non-hydrogen) atoms. The van der Waals surface area contributed by atoms with Crippen molar-refractivity contribution in [2.24, 2.45) is 0 Å². The van der Waals surface area contributed by atoms with Gasteiger partial charge < -0.3 is 20.6 Å². The summed E-state index contributed by atoms with van der Waals surface area (Å²) in [4.78, 5) is 28.1. The molecule has 2 aliphatic heterocycles. The molecule has 178 valence electrons. The second kappa shape index (κ2) is 13.6. The van der Waals surface area contributed by atoms with Crippen LogP contribution in [0.1, 0.15) is 61.4 Å². The Hall–Kier alpha value is -2.93. The third-order valence-corrected chi connectivity index (χ3v) is 6.16. The molecule has 0 radical (unpaired) electrons. The molecule has 1 amide bonds. The zero-order valence-corrected chi connectivity index (χ0v) is 19.3. The van der Waals surface area contributed by atoms with Gasteiger partial charge in [0.25, 0.3) is 0 Å². The van der Waals surface area contributed by atoms with E-state index in [1.807, 2.05) is 6.07 Å². The lowest BCUT2D eigenvalue weighted by molar-refractivity contribution is -0.137. The summed E-state index contributed by atoms with van der Waals surface area (Å²) in [7, 11) is 0. The fourth-order valence-electron chi connectivity index (χ4n) is 4.39. The van der Waals surface area contributed by atoms with Crippen molar-refractivity contribution >= 4 is 18.2 Å². The monoisotopic (exact) mass is 452 g/mol. The molecule has 2 aliphatic rings. The van der Waals surface area contributed by atoms with Gasteiger partial charge in [0.2, 0.25) is 6.41 Å². The maximum atomic E-state index is 10.5. The van der Waals surface area contributed by atoms with Crippen LogP contribution in [0.25, 0.3) is 0 Å². The highest BCUT2D eigenvalue weighted by molar-refractivity contribution is 5.68. The topological polar surface area (TPSA) is 94.6 Å². The summed E-state index contributed by atoms with van der Waals surface area (Å²) in [5.74, 6) is 0.204. The Morgan fingerprint density at radius 1 is 1.12 bits per heavy atom. The Morgan fingerprint density at radius 2 is 1.91 bits per heavy atom. The van der Waals surface area contributed by atoms with Crippen LogP contribution in [0.15, 0.2) is 42.5 Å². The van der Waals surface area contributed by atoms with E-state index in [4.69, 9.17) is 10.1 Å². The van der Waals surface area contributed by atoms with Crippen molar-refractivity contribution in [2.45, 2.75) is 57.4 Å². The van der Waals surface area contributed by atoms with Gasteiger partial charge in [-0.2, -0.15) is 0 Å². The zero-order chi connectivity index (χ0) is 23.3. The number of anilines is 1. The van der Waals surface area contributed by atoms with Crippen LogP contribution in [0.5, 0.6) is 0 Å². The number of pyridine rings is 1. The van der Waals surface area contributed by atoms with Crippen molar-refractivity contribution in [2.75, 3.05) is 31.5 Å². The third kappa shape index (κ3) is 8.50. The summed E-state index contributed by atoms with van der Waals surface area (Å²) in [5.41, 5.74) is 3.44. The quantitative estimate of drug-likeness (QED) is 0.501. The van der Waals surface area contributed by atoms with E-state index in [0.717, 1.165) is 24.3 Å². The van der Waals surface area contributed by atoms with Crippen LogP contribution in [0.2, 0.25) is 0 Å². The van der Waals surface area contributed by atoms with Gasteiger partial charge in [0.05, 0.1) is 12.5 Å². The molecule has 1 atom stereocenters. The van der Waals surface area contributed by atoms with Crippen molar-refractivity contribution in [1.29, 1.82) is 0 Å². The minimum absolute atomic E-state index is 0.108. The average Bonchev–Trinajstić information content (AvgIpc) is 2.85. The van der Waals surface area contributed by atoms with Crippen molar-refractivity contribution < 1.29 is 14.7 Å². The first-order chi connectivity index (χ1) is 16.2. The molecule has 4 rings (SSSR count). The Morgan fingerprint density at radius 3 is 2.64 bits per heavy atom. The van der Waals surface area contributed by atoms with Crippen molar-refractivity contribution in [3.8, 4) is 0 Å². The molecule has 1 unspecified atom stereocenters. The first-order valence-electron chi connectivity index (χ1n) is 12.1. The predicted octanol–water partition coefficient (Wildman–Crippen LogP) is 3.81. The number of amides is 1. The maximum absolute atomic E-state index is 10.5. The molecule has 2 aromatic rings. The van der Waals surface area contributed by atoms with Gasteiger partial charge in [0, 0.05) is 12.2 Å². The van der Waals surface area contributed by atoms with E-state index in [2.05, 4.69) is 27.7 Å². The minimum Gasteiger partial charge on any atom is -0.481 e. The number of hydrogen-bond acceptors (Lipinski definition) is 5. The Balaban J connectivity index is 0.000000196. The second-order valence-corrected chi connectivity index (χ2v) is 8.69. The van der Waals surface area contributed by atoms with Crippen LogP contribution >= 0.6 is 0 Å². The summed E-state index contributed by atoms with van der Waals surface area (Å²) in [5, 5.41) is 14.5. The van der Waals surface area contributed by atoms with Gasteiger partial charge >= 0.3 is 5.97 Å². The van der Waals surface area contributed by atoms with Crippen molar-refractivity contribution in [3.05, 3.63) is 59.3 Å². The molecule has 0 aliphatic carbocycles. The highest BCUT2D eigenvalue weighted by Crippen LogP contribution is 2.20. The molecular weight excluding hydrogens is 416 g/mol. The molecular formula is C26H36N4O3. The highest BCUT2D eigenvalue weighted by Gasteiger charge is 2.14. The van der Waals surface area contributed by atoms with Crippen molar-refractivity contribution in [3.63, 3.8) is 0 Å². The van der Waals surface area contributed by atoms with Gasteiger partial charge in [-0.25, -0.2) is 4.98 Å². The van der Waals surface area contributed by atoms with E-state index in [0.29, 0.717) is 6.41 Å². The van der Waals surface area contributed by atoms with E-state index in [-0.39, 0.29) is 6.42 Å². The number of carboxylic acids is 1. The normalized spacial score (nSPS) is 16.4. The Labute approximate surface area is 196 Å². The van der Waals surface area contributed by atoms with Gasteiger partial charge in [-0.1, -0.05) is 42.8 Å². The van der Waals surface area contributed by atoms with Crippen LogP contribution in [-0.2, 0) is 22.4 Å². The van der Waals surface area contributed by atoms with Crippen molar-refractivity contribution in [1.82, 2.24) is 15.2 Å². The molecule has 1 aromatic carbocycles.